The Kier molecular flexibility index (Phi) is 7.14. The summed E-state index contributed by atoms with van der Waals surface area (Å²) in [5.74, 6) is 2.09. The molecule has 0 saturated carbocycles. The molecule has 1 N–H and O–H groups in total. The molecular formula is C26H28N4O5. The molecule has 0 unspecified atom stereocenters. The Morgan fingerprint density at radius 1 is 1.03 bits per heavy atom. The van der Waals surface area contributed by atoms with Gasteiger partial charge in [0.05, 0.1) is 19.8 Å². The number of unbranched alkanes of at least 4 members (excludes halogenated alkanes) is 1. The predicted molar refractivity (Wildman–Crippen MR) is 130 cm³/mol. The fourth-order valence-corrected chi connectivity index (χ4v) is 3.91. The van der Waals surface area contributed by atoms with Crippen molar-refractivity contribution >= 4 is 0 Å². The zero-order valence-electron chi connectivity index (χ0n) is 20.2. The van der Waals surface area contributed by atoms with E-state index in [2.05, 4.69) is 22.0 Å². The van der Waals surface area contributed by atoms with Gasteiger partial charge in [0.1, 0.15) is 23.0 Å². The summed E-state index contributed by atoms with van der Waals surface area (Å²) in [6, 6.07) is 12.7. The van der Waals surface area contributed by atoms with Crippen molar-refractivity contribution in [3.63, 3.8) is 0 Å². The van der Waals surface area contributed by atoms with E-state index in [1.165, 1.54) is 18.8 Å². The predicted octanol–water partition coefficient (Wildman–Crippen LogP) is 4.25. The highest BCUT2D eigenvalue weighted by molar-refractivity contribution is 5.58. The summed E-state index contributed by atoms with van der Waals surface area (Å²) in [7, 11) is 3.08. The van der Waals surface area contributed by atoms with Gasteiger partial charge in [0.2, 0.25) is 5.88 Å². The number of aromatic hydroxyl groups is 1. The molecule has 35 heavy (non-hydrogen) atoms. The number of benzene rings is 2. The van der Waals surface area contributed by atoms with Crippen molar-refractivity contribution in [1.82, 2.24) is 19.7 Å². The van der Waals surface area contributed by atoms with Gasteiger partial charge in [-0.3, -0.25) is 9.36 Å². The maximum atomic E-state index is 13.8. The fourth-order valence-electron chi connectivity index (χ4n) is 3.91. The van der Waals surface area contributed by atoms with E-state index in [0.29, 0.717) is 41.1 Å². The van der Waals surface area contributed by atoms with Crippen molar-refractivity contribution in [3.05, 3.63) is 75.6 Å². The summed E-state index contributed by atoms with van der Waals surface area (Å²) < 4.78 is 17.8. The minimum Gasteiger partial charge on any atom is -0.494 e. The summed E-state index contributed by atoms with van der Waals surface area (Å²) in [5, 5.41) is 14.6. The lowest BCUT2D eigenvalue weighted by molar-refractivity contribution is 0.387. The molecule has 0 saturated heterocycles. The first-order chi connectivity index (χ1) is 17.0. The van der Waals surface area contributed by atoms with Gasteiger partial charge in [0.15, 0.2) is 5.82 Å². The molecule has 4 aromatic rings. The Morgan fingerprint density at radius 2 is 1.71 bits per heavy atom. The molecule has 0 radical (unpaired) electrons. The van der Waals surface area contributed by atoms with Gasteiger partial charge in [-0.2, -0.15) is 9.97 Å². The number of methoxy groups -OCH3 is 2. The average Bonchev–Trinajstić information content (AvgIpc) is 3.31. The lowest BCUT2D eigenvalue weighted by atomic mass is 10.0. The molecule has 9 heteroatoms. The molecule has 0 fully saturated rings. The van der Waals surface area contributed by atoms with Crippen molar-refractivity contribution in [2.45, 2.75) is 39.5 Å². The first kappa shape index (κ1) is 24.0. The smallest absolute Gasteiger partial charge is 0.265 e. The molecule has 182 valence electrons. The molecule has 4 rings (SSSR count). The van der Waals surface area contributed by atoms with E-state index in [4.69, 9.17) is 14.0 Å². The summed E-state index contributed by atoms with van der Waals surface area (Å²) in [4.78, 5) is 22.5. The number of nitrogens with zero attached hydrogens (tertiary/aromatic N) is 4. The van der Waals surface area contributed by atoms with Crippen molar-refractivity contribution < 1.29 is 19.1 Å². The van der Waals surface area contributed by atoms with Gasteiger partial charge in [-0.15, -0.1) is 0 Å². The highest BCUT2D eigenvalue weighted by Crippen LogP contribution is 2.33. The van der Waals surface area contributed by atoms with E-state index < -0.39 is 0 Å². The van der Waals surface area contributed by atoms with E-state index in [-0.39, 0.29) is 23.4 Å². The summed E-state index contributed by atoms with van der Waals surface area (Å²) in [5.41, 5.74) is 1.86. The van der Waals surface area contributed by atoms with Crippen LogP contribution in [0.15, 0.2) is 51.8 Å². The van der Waals surface area contributed by atoms with Crippen LogP contribution in [0.25, 0.3) is 17.1 Å². The normalized spacial score (nSPS) is 11.0. The lowest BCUT2D eigenvalue weighted by Crippen LogP contribution is -2.28. The minimum absolute atomic E-state index is 0.180. The first-order valence-electron chi connectivity index (χ1n) is 11.4. The third-order valence-corrected chi connectivity index (χ3v) is 5.71. The van der Waals surface area contributed by atoms with E-state index >= 15 is 0 Å². The van der Waals surface area contributed by atoms with E-state index in [1.807, 2.05) is 24.3 Å². The van der Waals surface area contributed by atoms with Crippen LogP contribution in [0.4, 0.5) is 0 Å². The molecule has 2 heterocycles. The number of rotatable bonds is 9. The second-order valence-electron chi connectivity index (χ2n) is 8.11. The SMILES string of the molecule is CCCCc1nc(O)c(Cc2ccc(-c3nc(C)no3)cc2)c(=O)n1-c1c(OC)cccc1OC. The fraction of sp³-hybridized carbons (Fsp3) is 0.308. The molecule has 9 nitrogen and oxygen atoms in total. The van der Waals surface area contributed by atoms with E-state index in [0.717, 1.165) is 24.0 Å². The quantitative estimate of drug-likeness (QED) is 0.382. The Labute approximate surface area is 203 Å². The van der Waals surface area contributed by atoms with Gasteiger partial charge < -0.3 is 19.1 Å². The highest BCUT2D eigenvalue weighted by atomic mass is 16.5. The zero-order chi connectivity index (χ0) is 24.9. The molecule has 0 aliphatic heterocycles. The number of hydrogen-bond donors (Lipinski definition) is 1. The van der Waals surface area contributed by atoms with Crippen LogP contribution in [-0.2, 0) is 12.8 Å². The third-order valence-electron chi connectivity index (χ3n) is 5.71. The van der Waals surface area contributed by atoms with Crippen molar-refractivity contribution in [3.8, 4) is 34.5 Å². The molecule has 0 aliphatic carbocycles. The number of hydrogen-bond acceptors (Lipinski definition) is 8. The van der Waals surface area contributed by atoms with E-state index in [1.54, 1.807) is 25.1 Å². The minimum atomic E-state index is -0.372. The van der Waals surface area contributed by atoms with Crippen LogP contribution in [0.5, 0.6) is 17.4 Å². The van der Waals surface area contributed by atoms with Gasteiger partial charge in [-0.1, -0.05) is 36.7 Å². The zero-order valence-corrected chi connectivity index (χ0v) is 20.2. The second-order valence-corrected chi connectivity index (χ2v) is 8.11. The highest BCUT2D eigenvalue weighted by Gasteiger charge is 2.23. The summed E-state index contributed by atoms with van der Waals surface area (Å²) >= 11 is 0. The van der Waals surface area contributed by atoms with Gasteiger partial charge in [-0.05, 0) is 43.2 Å². The van der Waals surface area contributed by atoms with Crippen LogP contribution >= 0.6 is 0 Å². The van der Waals surface area contributed by atoms with Gasteiger partial charge >= 0.3 is 0 Å². The molecule has 0 amide bonds. The maximum absolute atomic E-state index is 13.8. The number of aryl methyl sites for hydroxylation is 2. The Morgan fingerprint density at radius 3 is 2.29 bits per heavy atom. The number of aromatic nitrogens is 4. The molecule has 2 aromatic heterocycles. The van der Waals surface area contributed by atoms with Gasteiger partial charge in [0, 0.05) is 18.4 Å². The van der Waals surface area contributed by atoms with Crippen molar-refractivity contribution in [1.29, 1.82) is 0 Å². The number of ether oxygens (including phenoxy) is 2. The van der Waals surface area contributed by atoms with Gasteiger partial charge in [0.25, 0.3) is 11.4 Å². The molecule has 2 aromatic carbocycles. The average molecular weight is 477 g/mol. The Hall–Kier alpha value is -4.14. The summed E-state index contributed by atoms with van der Waals surface area (Å²) in [6.45, 7) is 3.81. The van der Waals surface area contributed by atoms with Crippen LogP contribution < -0.4 is 15.0 Å². The first-order valence-corrected chi connectivity index (χ1v) is 11.4. The van der Waals surface area contributed by atoms with Crippen LogP contribution in [-0.4, -0.2) is 39.0 Å². The van der Waals surface area contributed by atoms with Crippen LogP contribution in [0.1, 0.15) is 42.5 Å². The molecule has 0 aliphatic rings. The lowest BCUT2D eigenvalue weighted by Gasteiger charge is -2.19. The maximum Gasteiger partial charge on any atom is 0.265 e. The van der Waals surface area contributed by atoms with Crippen LogP contribution in [0.3, 0.4) is 0 Å². The topological polar surface area (TPSA) is 113 Å². The Balaban J connectivity index is 1.80. The second kappa shape index (κ2) is 10.4. The van der Waals surface area contributed by atoms with Crippen molar-refractivity contribution in [2.75, 3.05) is 14.2 Å². The van der Waals surface area contributed by atoms with E-state index in [9.17, 15) is 9.90 Å². The van der Waals surface area contributed by atoms with Gasteiger partial charge in [-0.25, -0.2) is 0 Å². The summed E-state index contributed by atoms with van der Waals surface area (Å²) in [6.07, 6.45) is 2.41. The van der Waals surface area contributed by atoms with Crippen LogP contribution in [0, 0.1) is 6.92 Å². The molecule has 0 spiro atoms. The Bertz CT molecular complexity index is 1350. The largest absolute Gasteiger partial charge is 0.494 e. The monoisotopic (exact) mass is 476 g/mol. The van der Waals surface area contributed by atoms with Crippen LogP contribution in [0.2, 0.25) is 0 Å². The number of para-hydroxylation sites is 1. The third kappa shape index (κ3) is 4.89. The molecular weight excluding hydrogens is 448 g/mol. The molecule has 0 bridgehead atoms. The standard InChI is InChI=1S/C26H28N4O5/c1-5-6-10-22-28-24(31)19(15-17-11-13-18(14-12-17)25-27-16(2)29-35-25)26(32)30(22)23-20(33-3)8-7-9-21(23)34-4/h7-9,11-14,31H,5-6,10,15H2,1-4H3. The molecule has 0 atom stereocenters. The van der Waals surface area contributed by atoms with Crippen molar-refractivity contribution in [2.24, 2.45) is 0 Å².